The molecule has 0 bridgehead atoms. The normalized spacial score (nSPS) is 16.3. The number of piperidine rings is 1. The van der Waals surface area contributed by atoms with E-state index in [2.05, 4.69) is 20.4 Å². The zero-order valence-electron chi connectivity index (χ0n) is 16.9. The molecule has 1 aliphatic heterocycles. The van der Waals surface area contributed by atoms with E-state index in [4.69, 9.17) is 16.3 Å². The van der Waals surface area contributed by atoms with Crippen molar-refractivity contribution in [1.82, 2.24) is 15.5 Å². The fourth-order valence-corrected chi connectivity index (χ4v) is 3.98. The van der Waals surface area contributed by atoms with Gasteiger partial charge in [-0.15, -0.1) is 0 Å². The lowest BCUT2D eigenvalue weighted by molar-refractivity contribution is -0.121. The predicted octanol–water partition coefficient (Wildman–Crippen LogP) is 4.07. The highest BCUT2D eigenvalue weighted by Crippen LogP contribution is 2.25. The van der Waals surface area contributed by atoms with Crippen LogP contribution in [0.3, 0.4) is 0 Å². The number of H-pyrrole nitrogens is 1. The van der Waals surface area contributed by atoms with E-state index in [0.29, 0.717) is 11.4 Å². The number of carbonyl (C=O) groups is 1. The van der Waals surface area contributed by atoms with Crippen molar-refractivity contribution in [3.8, 4) is 17.0 Å². The number of nitrogens with zero attached hydrogens (tertiary/aromatic N) is 2. The number of amides is 1. The smallest absolute Gasteiger partial charge is 0.224 e. The molecule has 1 aliphatic rings. The Balaban J connectivity index is 1.37. The first-order chi connectivity index (χ1) is 14.6. The molecule has 3 aromatic rings. The number of anilines is 1. The van der Waals surface area contributed by atoms with Gasteiger partial charge in [-0.05, 0) is 36.6 Å². The van der Waals surface area contributed by atoms with Crippen LogP contribution >= 0.6 is 11.6 Å². The van der Waals surface area contributed by atoms with Crippen LogP contribution in [0.1, 0.15) is 18.4 Å². The molecule has 7 heteroatoms. The van der Waals surface area contributed by atoms with Gasteiger partial charge >= 0.3 is 0 Å². The van der Waals surface area contributed by atoms with E-state index < -0.39 is 0 Å². The summed E-state index contributed by atoms with van der Waals surface area (Å²) in [6, 6.07) is 17.4. The van der Waals surface area contributed by atoms with Gasteiger partial charge in [0.2, 0.25) is 5.91 Å². The maximum Gasteiger partial charge on any atom is 0.224 e. The predicted molar refractivity (Wildman–Crippen MR) is 119 cm³/mol. The minimum Gasteiger partial charge on any atom is -0.496 e. The molecular weight excluding hydrogens is 400 g/mol. The lowest BCUT2D eigenvalue weighted by Crippen LogP contribution is -2.48. The summed E-state index contributed by atoms with van der Waals surface area (Å²) in [5.41, 5.74) is 2.88. The summed E-state index contributed by atoms with van der Waals surface area (Å²) in [6.07, 6.45) is 2.27. The molecule has 2 aromatic carbocycles. The van der Waals surface area contributed by atoms with Gasteiger partial charge in [0.1, 0.15) is 5.75 Å². The van der Waals surface area contributed by atoms with E-state index in [1.54, 1.807) is 7.11 Å². The minimum absolute atomic E-state index is 0.00947. The molecule has 2 heterocycles. The molecule has 0 radical (unpaired) electrons. The van der Waals surface area contributed by atoms with Crippen molar-refractivity contribution in [3.05, 3.63) is 65.2 Å². The molecule has 1 saturated heterocycles. The topological polar surface area (TPSA) is 70.2 Å². The van der Waals surface area contributed by atoms with Gasteiger partial charge in [0.05, 0.1) is 19.2 Å². The summed E-state index contributed by atoms with van der Waals surface area (Å²) >= 11 is 5.98. The highest BCUT2D eigenvalue weighted by molar-refractivity contribution is 6.30. The van der Waals surface area contributed by atoms with Crippen LogP contribution in [-0.2, 0) is 11.2 Å². The molecule has 1 amide bonds. The number of hydrogen-bond donors (Lipinski definition) is 2. The number of rotatable bonds is 6. The molecule has 6 nitrogen and oxygen atoms in total. The second-order valence-corrected chi connectivity index (χ2v) is 7.92. The van der Waals surface area contributed by atoms with Gasteiger partial charge in [-0.3, -0.25) is 9.89 Å². The van der Waals surface area contributed by atoms with E-state index in [9.17, 15) is 4.79 Å². The number of para-hydroxylation sites is 1. The summed E-state index contributed by atoms with van der Waals surface area (Å²) in [5.74, 6) is 1.64. The third-order valence-corrected chi connectivity index (χ3v) is 5.63. The van der Waals surface area contributed by atoms with Gasteiger partial charge in [0.25, 0.3) is 0 Å². The fourth-order valence-electron chi connectivity index (χ4n) is 3.85. The van der Waals surface area contributed by atoms with E-state index in [1.807, 2.05) is 54.6 Å². The summed E-state index contributed by atoms with van der Waals surface area (Å²) in [4.78, 5) is 14.8. The average Bonchev–Trinajstić information content (AvgIpc) is 3.25. The number of ether oxygens (including phenoxy) is 1. The van der Waals surface area contributed by atoms with E-state index >= 15 is 0 Å². The molecule has 156 valence electrons. The zero-order valence-corrected chi connectivity index (χ0v) is 17.7. The van der Waals surface area contributed by atoms with Crippen molar-refractivity contribution in [2.45, 2.75) is 25.3 Å². The first kappa shape index (κ1) is 20.3. The maximum absolute atomic E-state index is 12.6. The van der Waals surface area contributed by atoms with Crippen LogP contribution in [0.2, 0.25) is 5.02 Å². The highest BCUT2D eigenvalue weighted by atomic mass is 35.5. The summed E-state index contributed by atoms with van der Waals surface area (Å²) < 4.78 is 5.35. The molecule has 1 unspecified atom stereocenters. The van der Waals surface area contributed by atoms with E-state index in [1.165, 1.54) is 0 Å². The Morgan fingerprint density at radius 1 is 1.27 bits per heavy atom. The van der Waals surface area contributed by atoms with Gasteiger partial charge in [-0.25, -0.2) is 0 Å². The third kappa shape index (κ3) is 4.76. The second kappa shape index (κ2) is 9.22. The van der Waals surface area contributed by atoms with Gasteiger partial charge in [-0.1, -0.05) is 41.9 Å². The van der Waals surface area contributed by atoms with Crippen molar-refractivity contribution < 1.29 is 9.53 Å². The molecule has 30 heavy (non-hydrogen) atoms. The fraction of sp³-hybridized carbons (Fsp3) is 0.304. The van der Waals surface area contributed by atoms with Crippen LogP contribution in [0, 0.1) is 0 Å². The van der Waals surface area contributed by atoms with Crippen LogP contribution in [0.4, 0.5) is 5.82 Å². The van der Waals surface area contributed by atoms with Crippen LogP contribution < -0.4 is 15.0 Å². The summed E-state index contributed by atoms with van der Waals surface area (Å²) in [7, 11) is 1.62. The van der Waals surface area contributed by atoms with Crippen molar-refractivity contribution >= 4 is 23.3 Å². The SMILES string of the molecule is COc1ccccc1CC(=O)NC1CCCN(c2cc(-c3ccc(Cl)cc3)[nH]n2)C1. The monoisotopic (exact) mass is 424 g/mol. The standard InChI is InChI=1S/C23H25ClN4O2/c1-30-21-7-3-2-5-17(21)13-23(29)25-19-6-4-12-28(15-19)22-14-20(26-27-22)16-8-10-18(24)11-9-16/h2-3,5,7-11,14,19H,4,6,12-13,15H2,1H3,(H,25,29)(H,26,27). The molecule has 1 atom stereocenters. The lowest BCUT2D eigenvalue weighted by Gasteiger charge is -2.33. The van der Waals surface area contributed by atoms with Crippen molar-refractivity contribution in [2.75, 3.05) is 25.1 Å². The van der Waals surface area contributed by atoms with Crippen LogP contribution in [0.25, 0.3) is 11.3 Å². The van der Waals surface area contributed by atoms with Gasteiger partial charge in [0, 0.05) is 35.8 Å². The minimum atomic E-state index is 0.00947. The molecule has 4 rings (SSSR count). The molecular formula is C23H25ClN4O2. The van der Waals surface area contributed by atoms with E-state index in [-0.39, 0.29) is 11.9 Å². The van der Waals surface area contributed by atoms with Crippen LogP contribution in [0.15, 0.2) is 54.6 Å². The Labute approximate surface area is 181 Å². The molecule has 2 N–H and O–H groups in total. The number of carbonyl (C=O) groups excluding carboxylic acids is 1. The number of aromatic nitrogens is 2. The Morgan fingerprint density at radius 2 is 2.07 bits per heavy atom. The Morgan fingerprint density at radius 3 is 2.87 bits per heavy atom. The Bertz CT molecular complexity index is 1000. The second-order valence-electron chi connectivity index (χ2n) is 7.49. The van der Waals surface area contributed by atoms with Gasteiger partial charge < -0.3 is 15.0 Å². The lowest BCUT2D eigenvalue weighted by atomic mass is 10.0. The number of methoxy groups -OCH3 is 1. The molecule has 0 aliphatic carbocycles. The third-order valence-electron chi connectivity index (χ3n) is 5.37. The number of aromatic amines is 1. The van der Waals surface area contributed by atoms with Crippen molar-refractivity contribution in [1.29, 1.82) is 0 Å². The largest absolute Gasteiger partial charge is 0.496 e. The first-order valence-corrected chi connectivity index (χ1v) is 10.5. The quantitative estimate of drug-likeness (QED) is 0.625. The number of benzene rings is 2. The van der Waals surface area contributed by atoms with E-state index in [0.717, 1.165) is 54.3 Å². The van der Waals surface area contributed by atoms with Crippen LogP contribution in [-0.4, -0.2) is 42.3 Å². The molecule has 0 spiro atoms. The average molecular weight is 425 g/mol. The first-order valence-electron chi connectivity index (χ1n) is 10.1. The highest BCUT2D eigenvalue weighted by Gasteiger charge is 2.23. The summed E-state index contributed by atoms with van der Waals surface area (Å²) in [5, 5.41) is 11.5. The van der Waals surface area contributed by atoms with Gasteiger partial charge in [-0.2, -0.15) is 5.10 Å². The number of hydrogen-bond acceptors (Lipinski definition) is 4. The Kier molecular flexibility index (Phi) is 6.23. The van der Waals surface area contributed by atoms with Crippen molar-refractivity contribution in [2.24, 2.45) is 0 Å². The molecule has 1 fully saturated rings. The molecule has 1 aromatic heterocycles. The number of halogens is 1. The number of nitrogens with one attached hydrogen (secondary N) is 2. The van der Waals surface area contributed by atoms with Crippen LogP contribution in [0.5, 0.6) is 5.75 Å². The zero-order chi connectivity index (χ0) is 20.9. The maximum atomic E-state index is 12.6. The van der Waals surface area contributed by atoms with Gasteiger partial charge in [0.15, 0.2) is 5.82 Å². The molecule has 0 saturated carbocycles. The summed E-state index contributed by atoms with van der Waals surface area (Å²) in [6.45, 7) is 1.66. The Hall–Kier alpha value is -2.99. The van der Waals surface area contributed by atoms with Crippen molar-refractivity contribution in [3.63, 3.8) is 0 Å².